The molecule has 0 amide bonds. The summed E-state index contributed by atoms with van der Waals surface area (Å²) in [7, 11) is -4.58. The zero-order valence-electron chi connectivity index (χ0n) is 10.3. The molecular weight excluding hydrogens is 299 g/mol. The molecule has 0 heterocycles. The summed E-state index contributed by atoms with van der Waals surface area (Å²) in [5.74, 6) is -1.46. The van der Waals surface area contributed by atoms with Crippen LogP contribution in [-0.2, 0) is 21.0 Å². The van der Waals surface area contributed by atoms with Crippen LogP contribution in [0.1, 0.15) is 18.9 Å². The molecule has 0 aromatic heterocycles. The molecule has 20 heavy (non-hydrogen) atoms. The van der Waals surface area contributed by atoms with E-state index in [1.807, 2.05) is 0 Å². The Hall–Kier alpha value is -1.61. The third-order valence-electron chi connectivity index (χ3n) is 2.49. The van der Waals surface area contributed by atoms with Crippen LogP contribution < -0.4 is 4.72 Å². The summed E-state index contributed by atoms with van der Waals surface area (Å²) in [5, 5.41) is 8.76. The molecule has 9 heteroatoms. The molecule has 0 aliphatic carbocycles. The number of hydrogen-bond donors (Lipinski definition) is 2. The molecule has 0 aliphatic heterocycles. The lowest BCUT2D eigenvalue weighted by Gasteiger charge is -2.16. The average Bonchev–Trinajstić information content (AvgIpc) is 2.34. The van der Waals surface area contributed by atoms with E-state index in [9.17, 15) is 26.4 Å². The second kappa shape index (κ2) is 5.80. The quantitative estimate of drug-likeness (QED) is 0.869. The van der Waals surface area contributed by atoms with Crippen molar-refractivity contribution in [1.82, 2.24) is 4.72 Å². The molecule has 2 N–H and O–H groups in total. The molecule has 0 saturated carbocycles. The first-order valence-electron chi connectivity index (χ1n) is 5.51. The third-order valence-corrected chi connectivity index (χ3v) is 4.02. The van der Waals surface area contributed by atoms with Gasteiger partial charge in [-0.2, -0.15) is 17.9 Å². The maximum Gasteiger partial charge on any atom is 0.417 e. The molecule has 1 rings (SSSR count). The Morgan fingerprint density at radius 2 is 1.90 bits per heavy atom. The Balaban J connectivity index is 3.27. The Morgan fingerprint density at radius 1 is 1.35 bits per heavy atom. The molecule has 1 aromatic rings. The van der Waals surface area contributed by atoms with E-state index in [4.69, 9.17) is 5.11 Å². The lowest BCUT2D eigenvalue weighted by molar-refractivity contribution is -0.140. The first kappa shape index (κ1) is 16.4. The number of carboxylic acids is 1. The van der Waals surface area contributed by atoms with Crippen LogP contribution in [0.15, 0.2) is 29.2 Å². The van der Waals surface area contributed by atoms with Crippen molar-refractivity contribution in [2.24, 2.45) is 0 Å². The largest absolute Gasteiger partial charge is 0.480 e. The molecular formula is C11H12F3NO4S. The van der Waals surface area contributed by atoms with Gasteiger partial charge < -0.3 is 5.11 Å². The van der Waals surface area contributed by atoms with Gasteiger partial charge in [-0.3, -0.25) is 4.79 Å². The van der Waals surface area contributed by atoms with Crippen LogP contribution in [0.5, 0.6) is 0 Å². The molecule has 0 radical (unpaired) electrons. The molecule has 5 nitrogen and oxygen atoms in total. The second-order valence-electron chi connectivity index (χ2n) is 3.91. The smallest absolute Gasteiger partial charge is 0.417 e. The Kier molecular flexibility index (Phi) is 4.77. The average molecular weight is 311 g/mol. The molecule has 112 valence electrons. The summed E-state index contributed by atoms with van der Waals surface area (Å²) in [6, 6.07) is 2.10. The maximum absolute atomic E-state index is 12.7. The predicted octanol–water partition coefficient (Wildman–Crippen LogP) is 1.85. The fraction of sp³-hybridized carbons (Fsp3) is 0.364. The van der Waals surface area contributed by atoms with Crippen LogP contribution in [-0.4, -0.2) is 25.5 Å². The van der Waals surface area contributed by atoms with E-state index < -0.39 is 38.7 Å². The van der Waals surface area contributed by atoms with E-state index in [1.54, 1.807) is 4.72 Å². The van der Waals surface area contributed by atoms with Gasteiger partial charge in [0.15, 0.2) is 0 Å². The molecule has 1 aromatic carbocycles. The van der Waals surface area contributed by atoms with Crippen molar-refractivity contribution in [2.45, 2.75) is 30.5 Å². The van der Waals surface area contributed by atoms with Crippen molar-refractivity contribution in [3.05, 3.63) is 29.8 Å². The number of sulfonamides is 1. The maximum atomic E-state index is 12.7. The molecule has 0 saturated heterocycles. The van der Waals surface area contributed by atoms with Crippen molar-refractivity contribution in [3.8, 4) is 0 Å². The molecule has 1 atom stereocenters. The topological polar surface area (TPSA) is 83.5 Å². The number of carboxylic acid groups (broad SMARTS) is 1. The zero-order valence-corrected chi connectivity index (χ0v) is 11.1. The number of carbonyl (C=O) groups is 1. The van der Waals surface area contributed by atoms with Gasteiger partial charge in [0, 0.05) is 0 Å². The summed E-state index contributed by atoms with van der Waals surface area (Å²) < 4.78 is 63.8. The second-order valence-corrected chi connectivity index (χ2v) is 5.60. The standard InChI is InChI=1S/C11H12F3NO4S/c1-2-8(10(16)17)15-20(18,19)9-6-4-3-5-7(9)11(12,13)14/h3-6,8,15H,2H2,1H3,(H,16,17)/t8-/m0/s1. The molecule has 0 fully saturated rings. The van der Waals surface area contributed by atoms with E-state index in [1.165, 1.54) is 6.92 Å². The lowest BCUT2D eigenvalue weighted by atomic mass is 10.2. The number of halogens is 3. The fourth-order valence-electron chi connectivity index (χ4n) is 1.49. The van der Waals surface area contributed by atoms with Gasteiger partial charge in [-0.15, -0.1) is 0 Å². The molecule has 0 bridgehead atoms. The minimum absolute atomic E-state index is 0.0945. The SMILES string of the molecule is CC[C@H](NS(=O)(=O)c1ccccc1C(F)(F)F)C(=O)O. The van der Waals surface area contributed by atoms with E-state index in [-0.39, 0.29) is 6.42 Å². The zero-order chi connectivity index (χ0) is 15.6. The summed E-state index contributed by atoms with van der Waals surface area (Å²) in [6.45, 7) is 1.40. The minimum Gasteiger partial charge on any atom is -0.480 e. The first-order valence-corrected chi connectivity index (χ1v) is 6.99. The van der Waals surface area contributed by atoms with E-state index in [0.717, 1.165) is 18.2 Å². The summed E-state index contributed by atoms with van der Waals surface area (Å²) in [4.78, 5) is 9.78. The van der Waals surface area contributed by atoms with Crippen LogP contribution in [0.2, 0.25) is 0 Å². The molecule has 0 unspecified atom stereocenters. The summed E-state index contributed by atoms with van der Waals surface area (Å²) in [5.41, 5.74) is -1.34. The highest BCUT2D eigenvalue weighted by molar-refractivity contribution is 7.89. The van der Waals surface area contributed by atoms with E-state index in [0.29, 0.717) is 6.07 Å². The van der Waals surface area contributed by atoms with Crippen LogP contribution in [0.25, 0.3) is 0 Å². The van der Waals surface area contributed by atoms with Gasteiger partial charge in [0.1, 0.15) is 6.04 Å². The van der Waals surface area contributed by atoms with Gasteiger partial charge in [-0.05, 0) is 18.6 Å². The van der Waals surface area contributed by atoms with Gasteiger partial charge in [0.05, 0.1) is 10.5 Å². The van der Waals surface area contributed by atoms with Crippen LogP contribution >= 0.6 is 0 Å². The summed E-state index contributed by atoms with van der Waals surface area (Å²) >= 11 is 0. The number of hydrogen-bond acceptors (Lipinski definition) is 3. The van der Waals surface area contributed by atoms with Crippen molar-refractivity contribution in [3.63, 3.8) is 0 Å². The Morgan fingerprint density at radius 3 is 2.35 bits per heavy atom. The number of alkyl halides is 3. The Bertz CT molecular complexity index is 598. The minimum atomic E-state index is -4.85. The molecule has 0 aliphatic rings. The predicted molar refractivity (Wildman–Crippen MR) is 63.5 cm³/mol. The fourth-order valence-corrected chi connectivity index (χ4v) is 2.99. The van der Waals surface area contributed by atoms with Gasteiger partial charge in [-0.1, -0.05) is 19.1 Å². The van der Waals surface area contributed by atoms with Crippen LogP contribution in [0.3, 0.4) is 0 Å². The number of rotatable bonds is 5. The van der Waals surface area contributed by atoms with Gasteiger partial charge in [0.25, 0.3) is 0 Å². The van der Waals surface area contributed by atoms with Crippen LogP contribution in [0, 0.1) is 0 Å². The van der Waals surface area contributed by atoms with Crippen molar-refractivity contribution in [2.75, 3.05) is 0 Å². The first-order chi connectivity index (χ1) is 9.09. The van der Waals surface area contributed by atoms with Crippen molar-refractivity contribution >= 4 is 16.0 Å². The number of aliphatic carboxylic acids is 1. The highest BCUT2D eigenvalue weighted by atomic mass is 32.2. The highest BCUT2D eigenvalue weighted by Gasteiger charge is 2.37. The van der Waals surface area contributed by atoms with E-state index in [2.05, 4.69) is 0 Å². The molecule has 0 spiro atoms. The van der Waals surface area contributed by atoms with Crippen LogP contribution in [0.4, 0.5) is 13.2 Å². The normalized spacial score (nSPS) is 14.0. The van der Waals surface area contributed by atoms with Crippen molar-refractivity contribution in [1.29, 1.82) is 0 Å². The van der Waals surface area contributed by atoms with Crippen molar-refractivity contribution < 1.29 is 31.5 Å². The van der Waals surface area contributed by atoms with Gasteiger partial charge in [-0.25, -0.2) is 8.42 Å². The van der Waals surface area contributed by atoms with Gasteiger partial charge in [0.2, 0.25) is 10.0 Å². The van der Waals surface area contributed by atoms with E-state index >= 15 is 0 Å². The lowest BCUT2D eigenvalue weighted by Crippen LogP contribution is -2.40. The number of nitrogens with one attached hydrogen (secondary N) is 1. The Labute approximate surface area is 113 Å². The highest BCUT2D eigenvalue weighted by Crippen LogP contribution is 2.33. The monoisotopic (exact) mass is 311 g/mol. The number of benzene rings is 1. The van der Waals surface area contributed by atoms with Gasteiger partial charge >= 0.3 is 12.1 Å². The summed E-state index contributed by atoms with van der Waals surface area (Å²) in [6.07, 6.45) is -4.95. The third kappa shape index (κ3) is 3.70.